The van der Waals surface area contributed by atoms with Crippen LogP contribution in [-0.2, 0) is 6.54 Å². The van der Waals surface area contributed by atoms with Crippen LogP contribution in [0.4, 0.5) is 11.6 Å². The number of nitrogens with one attached hydrogen (secondary N) is 1. The van der Waals surface area contributed by atoms with Crippen LogP contribution in [0.3, 0.4) is 0 Å². The third-order valence-electron chi connectivity index (χ3n) is 4.72. The Morgan fingerprint density at radius 3 is 2.59 bits per heavy atom. The summed E-state index contributed by atoms with van der Waals surface area (Å²) in [7, 11) is 0. The van der Waals surface area contributed by atoms with Crippen LogP contribution in [0.15, 0.2) is 47.0 Å². The molecule has 138 valence electrons. The first-order chi connectivity index (χ1) is 13.1. The summed E-state index contributed by atoms with van der Waals surface area (Å²) in [6.45, 7) is 7.42. The molecular formula is C21H23N5O. The van der Waals surface area contributed by atoms with Crippen molar-refractivity contribution in [1.29, 1.82) is 0 Å². The first-order valence-corrected chi connectivity index (χ1v) is 9.09. The number of hydrogen-bond donors (Lipinski definition) is 2. The van der Waals surface area contributed by atoms with Gasteiger partial charge in [0.15, 0.2) is 0 Å². The third-order valence-corrected chi connectivity index (χ3v) is 4.72. The molecule has 6 heteroatoms. The minimum absolute atomic E-state index is 0.647. The first kappa shape index (κ1) is 17.1. The molecule has 3 N–H and O–H groups in total. The van der Waals surface area contributed by atoms with Crippen molar-refractivity contribution in [3.05, 3.63) is 59.5 Å². The van der Waals surface area contributed by atoms with E-state index >= 15 is 0 Å². The van der Waals surface area contributed by atoms with Gasteiger partial charge in [0, 0.05) is 12.1 Å². The lowest BCUT2D eigenvalue weighted by molar-refractivity contribution is 0.393. The molecule has 0 atom stereocenters. The van der Waals surface area contributed by atoms with E-state index in [2.05, 4.69) is 40.2 Å². The summed E-state index contributed by atoms with van der Waals surface area (Å²) in [5, 5.41) is 7.43. The van der Waals surface area contributed by atoms with Crippen molar-refractivity contribution in [2.24, 2.45) is 0 Å². The predicted molar refractivity (Wildman–Crippen MR) is 109 cm³/mol. The SMILES string of the molecule is CCNc1nc2c(N)cc(-c3c(C)noc3C)cc2n1Cc1ccccc1. The van der Waals surface area contributed by atoms with E-state index in [-0.39, 0.29) is 0 Å². The number of imidazole rings is 1. The van der Waals surface area contributed by atoms with Crippen LogP contribution >= 0.6 is 0 Å². The molecule has 4 aromatic rings. The average molecular weight is 361 g/mol. The number of nitrogens with two attached hydrogens (primary N) is 1. The highest BCUT2D eigenvalue weighted by Crippen LogP contribution is 2.34. The Balaban J connectivity index is 1.92. The van der Waals surface area contributed by atoms with E-state index in [9.17, 15) is 0 Å². The highest BCUT2D eigenvalue weighted by molar-refractivity contribution is 5.94. The van der Waals surface area contributed by atoms with Crippen LogP contribution in [0, 0.1) is 13.8 Å². The standard InChI is InChI=1S/C21H23N5O/c1-4-23-21-24-20-17(22)10-16(19-13(2)25-27-14(19)3)11-18(20)26(21)12-15-8-6-5-7-9-15/h5-11H,4,12,22H2,1-3H3,(H,23,24). The molecule has 0 spiro atoms. The number of aromatic nitrogens is 3. The normalized spacial score (nSPS) is 11.2. The van der Waals surface area contributed by atoms with E-state index < -0.39 is 0 Å². The minimum atomic E-state index is 0.647. The lowest BCUT2D eigenvalue weighted by Crippen LogP contribution is -2.08. The molecule has 6 nitrogen and oxygen atoms in total. The molecule has 0 saturated carbocycles. The summed E-state index contributed by atoms with van der Waals surface area (Å²) in [4.78, 5) is 4.75. The topological polar surface area (TPSA) is 81.9 Å². The van der Waals surface area contributed by atoms with Gasteiger partial charge in [-0.05, 0) is 44.0 Å². The molecule has 0 bridgehead atoms. The highest BCUT2D eigenvalue weighted by atomic mass is 16.5. The van der Waals surface area contributed by atoms with Gasteiger partial charge in [-0.3, -0.25) is 0 Å². The fourth-order valence-electron chi connectivity index (χ4n) is 3.51. The highest BCUT2D eigenvalue weighted by Gasteiger charge is 2.18. The van der Waals surface area contributed by atoms with Gasteiger partial charge in [0.25, 0.3) is 0 Å². The number of benzene rings is 2. The van der Waals surface area contributed by atoms with Gasteiger partial charge in [0.2, 0.25) is 5.95 Å². The van der Waals surface area contributed by atoms with Gasteiger partial charge >= 0.3 is 0 Å². The molecule has 0 amide bonds. The molecule has 4 rings (SSSR count). The van der Waals surface area contributed by atoms with Crippen LogP contribution in [-0.4, -0.2) is 21.3 Å². The molecule has 2 aromatic carbocycles. The molecule has 0 fully saturated rings. The zero-order chi connectivity index (χ0) is 19.0. The van der Waals surface area contributed by atoms with Crippen molar-refractivity contribution < 1.29 is 4.52 Å². The summed E-state index contributed by atoms with van der Waals surface area (Å²) >= 11 is 0. The maximum Gasteiger partial charge on any atom is 0.204 e. The molecule has 0 radical (unpaired) electrons. The van der Waals surface area contributed by atoms with Gasteiger partial charge in [-0.2, -0.15) is 0 Å². The number of fused-ring (bicyclic) bond motifs is 1. The van der Waals surface area contributed by atoms with Gasteiger partial charge in [-0.1, -0.05) is 35.5 Å². The van der Waals surface area contributed by atoms with Crippen LogP contribution in [0.5, 0.6) is 0 Å². The molecule has 0 unspecified atom stereocenters. The van der Waals surface area contributed by atoms with Crippen molar-refractivity contribution in [2.45, 2.75) is 27.3 Å². The van der Waals surface area contributed by atoms with Crippen molar-refractivity contribution in [3.8, 4) is 11.1 Å². The molecule has 0 aliphatic heterocycles. The Morgan fingerprint density at radius 1 is 1.15 bits per heavy atom. The molecule has 0 aliphatic rings. The molecule has 0 saturated heterocycles. The molecule has 27 heavy (non-hydrogen) atoms. The van der Waals surface area contributed by atoms with Gasteiger partial charge in [0.05, 0.1) is 23.4 Å². The molecule has 0 aliphatic carbocycles. The Kier molecular flexibility index (Phi) is 4.32. The number of anilines is 2. The lowest BCUT2D eigenvalue weighted by Gasteiger charge is -2.11. The van der Waals surface area contributed by atoms with Crippen LogP contribution in [0.1, 0.15) is 23.9 Å². The van der Waals surface area contributed by atoms with Gasteiger partial charge in [-0.15, -0.1) is 0 Å². The fraction of sp³-hybridized carbons (Fsp3) is 0.238. The second-order valence-electron chi connectivity index (χ2n) is 6.67. The second kappa shape index (κ2) is 6.79. The van der Waals surface area contributed by atoms with E-state index in [1.807, 2.05) is 38.1 Å². The van der Waals surface area contributed by atoms with Gasteiger partial charge in [0.1, 0.15) is 11.3 Å². The maximum absolute atomic E-state index is 6.38. The molecular weight excluding hydrogens is 338 g/mol. The number of aryl methyl sites for hydroxylation is 2. The largest absolute Gasteiger partial charge is 0.397 e. The van der Waals surface area contributed by atoms with Crippen LogP contribution in [0.25, 0.3) is 22.2 Å². The summed E-state index contributed by atoms with van der Waals surface area (Å²) in [6, 6.07) is 14.4. The second-order valence-corrected chi connectivity index (χ2v) is 6.67. The van der Waals surface area contributed by atoms with Crippen molar-refractivity contribution >= 4 is 22.7 Å². The predicted octanol–water partition coefficient (Wildman–Crippen LogP) is 4.37. The fourth-order valence-corrected chi connectivity index (χ4v) is 3.51. The Bertz CT molecular complexity index is 1080. The smallest absolute Gasteiger partial charge is 0.204 e. The number of hydrogen-bond acceptors (Lipinski definition) is 5. The Morgan fingerprint density at radius 2 is 1.93 bits per heavy atom. The number of nitrogen functional groups attached to an aromatic ring is 1. The van der Waals surface area contributed by atoms with E-state index in [1.54, 1.807) is 0 Å². The van der Waals surface area contributed by atoms with E-state index in [0.29, 0.717) is 12.2 Å². The van der Waals surface area contributed by atoms with Crippen LogP contribution < -0.4 is 11.1 Å². The molecule has 2 aromatic heterocycles. The van der Waals surface area contributed by atoms with Crippen LogP contribution in [0.2, 0.25) is 0 Å². The van der Waals surface area contributed by atoms with Crippen molar-refractivity contribution in [2.75, 3.05) is 17.6 Å². The lowest BCUT2D eigenvalue weighted by atomic mass is 10.0. The maximum atomic E-state index is 6.38. The summed E-state index contributed by atoms with van der Waals surface area (Å²) in [6.07, 6.45) is 0. The monoisotopic (exact) mass is 361 g/mol. The number of nitrogens with zero attached hydrogens (tertiary/aromatic N) is 3. The zero-order valence-corrected chi connectivity index (χ0v) is 15.8. The van der Waals surface area contributed by atoms with Gasteiger partial charge in [-0.25, -0.2) is 4.98 Å². The van der Waals surface area contributed by atoms with Gasteiger partial charge < -0.3 is 20.1 Å². The quantitative estimate of drug-likeness (QED) is 0.516. The summed E-state index contributed by atoms with van der Waals surface area (Å²) < 4.78 is 7.52. The summed E-state index contributed by atoms with van der Waals surface area (Å²) in [5.74, 6) is 1.60. The zero-order valence-electron chi connectivity index (χ0n) is 15.8. The van der Waals surface area contributed by atoms with Crippen molar-refractivity contribution in [1.82, 2.24) is 14.7 Å². The Hall–Kier alpha value is -3.28. The van der Waals surface area contributed by atoms with Crippen molar-refractivity contribution in [3.63, 3.8) is 0 Å². The average Bonchev–Trinajstić information content (AvgIpc) is 3.17. The number of rotatable bonds is 5. The van der Waals surface area contributed by atoms with E-state index in [0.717, 1.165) is 46.1 Å². The Labute approximate surface area is 158 Å². The first-order valence-electron chi connectivity index (χ1n) is 9.09. The summed E-state index contributed by atoms with van der Waals surface area (Å²) in [5.41, 5.74) is 12.9. The molecule has 2 heterocycles. The third kappa shape index (κ3) is 3.03. The van der Waals surface area contributed by atoms with E-state index in [4.69, 9.17) is 15.2 Å². The van der Waals surface area contributed by atoms with E-state index in [1.165, 1.54) is 5.56 Å². The minimum Gasteiger partial charge on any atom is -0.397 e.